The molecule has 0 bridgehead atoms. The number of hydrogen-bond acceptors (Lipinski definition) is 3. The van der Waals surface area contributed by atoms with E-state index in [1.807, 2.05) is 18.2 Å². The topological polar surface area (TPSA) is 38.3 Å². The largest absolute Gasteiger partial charge is 0.465 e. The molecule has 0 aromatic heterocycles. The molecule has 0 spiro atoms. The van der Waals surface area contributed by atoms with Crippen molar-refractivity contribution in [3.63, 3.8) is 0 Å². The van der Waals surface area contributed by atoms with Crippen molar-refractivity contribution in [3.05, 3.63) is 33.3 Å². The van der Waals surface area contributed by atoms with Crippen LogP contribution in [0.3, 0.4) is 0 Å². The van der Waals surface area contributed by atoms with Gasteiger partial charge in [-0.25, -0.2) is 0 Å². The van der Waals surface area contributed by atoms with Crippen LogP contribution in [0.2, 0.25) is 5.02 Å². The quantitative estimate of drug-likeness (QED) is 0.850. The minimum Gasteiger partial charge on any atom is -0.465 e. The lowest BCUT2D eigenvalue weighted by Crippen LogP contribution is -2.24. The van der Waals surface area contributed by atoms with Gasteiger partial charge >= 0.3 is 5.97 Å². The van der Waals surface area contributed by atoms with E-state index in [9.17, 15) is 4.79 Å². The average molecular weight is 307 g/mol. The molecule has 0 atom stereocenters. The second-order valence-electron chi connectivity index (χ2n) is 3.14. The van der Waals surface area contributed by atoms with Crippen LogP contribution in [0.1, 0.15) is 12.5 Å². The van der Waals surface area contributed by atoms with Crippen molar-refractivity contribution in [1.82, 2.24) is 5.32 Å². The molecular weight excluding hydrogens is 293 g/mol. The van der Waals surface area contributed by atoms with Gasteiger partial charge in [-0.05, 0) is 24.6 Å². The van der Waals surface area contributed by atoms with Crippen LogP contribution in [0.25, 0.3) is 0 Å². The maximum absolute atomic E-state index is 11.0. The van der Waals surface area contributed by atoms with Gasteiger partial charge in [-0.15, -0.1) is 0 Å². The lowest BCUT2D eigenvalue weighted by atomic mass is 10.2. The van der Waals surface area contributed by atoms with E-state index >= 15 is 0 Å². The van der Waals surface area contributed by atoms with E-state index in [1.165, 1.54) is 0 Å². The minimum atomic E-state index is -0.254. The molecule has 0 amide bonds. The van der Waals surface area contributed by atoms with Gasteiger partial charge in [0.25, 0.3) is 0 Å². The van der Waals surface area contributed by atoms with E-state index in [4.69, 9.17) is 16.3 Å². The van der Waals surface area contributed by atoms with E-state index in [1.54, 1.807) is 6.92 Å². The second kappa shape index (κ2) is 6.89. The second-order valence-corrected chi connectivity index (χ2v) is 4.47. The Balaban J connectivity index is 2.40. The van der Waals surface area contributed by atoms with Crippen LogP contribution in [-0.4, -0.2) is 19.1 Å². The Labute approximate surface area is 108 Å². The number of benzene rings is 1. The predicted molar refractivity (Wildman–Crippen MR) is 67.5 cm³/mol. The Morgan fingerprint density at radius 2 is 2.31 bits per heavy atom. The lowest BCUT2D eigenvalue weighted by Gasteiger charge is -2.06. The van der Waals surface area contributed by atoms with Crippen LogP contribution in [0.5, 0.6) is 0 Å². The highest BCUT2D eigenvalue weighted by molar-refractivity contribution is 9.10. The Morgan fingerprint density at radius 1 is 1.56 bits per heavy atom. The number of carbonyl (C=O) groups is 1. The van der Waals surface area contributed by atoms with E-state index in [0.29, 0.717) is 18.2 Å². The lowest BCUT2D eigenvalue weighted by molar-refractivity contribution is -0.142. The van der Waals surface area contributed by atoms with Crippen LogP contribution < -0.4 is 5.32 Å². The molecule has 88 valence electrons. The summed E-state index contributed by atoms with van der Waals surface area (Å²) in [6.07, 6.45) is 0. The number of esters is 1. The zero-order valence-electron chi connectivity index (χ0n) is 8.93. The molecule has 0 radical (unpaired) electrons. The molecule has 0 saturated carbocycles. The van der Waals surface area contributed by atoms with Gasteiger partial charge in [-0.3, -0.25) is 4.79 Å². The first-order valence-corrected chi connectivity index (χ1v) is 6.11. The molecule has 1 N–H and O–H groups in total. The van der Waals surface area contributed by atoms with Crippen LogP contribution in [0.15, 0.2) is 22.7 Å². The Morgan fingerprint density at radius 3 is 2.94 bits per heavy atom. The monoisotopic (exact) mass is 305 g/mol. The summed E-state index contributed by atoms with van der Waals surface area (Å²) in [7, 11) is 0. The van der Waals surface area contributed by atoms with Gasteiger partial charge in [0.15, 0.2) is 0 Å². The van der Waals surface area contributed by atoms with Crippen molar-refractivity contribution in [2.45, 2.75) is 13.5 Å². The van der Waals surface area contributed by atoms with Crippen molar-refractivity contribution < 1.29 is 9.53 Å². The Kier molecular flexibility index (Phi) is 5.80. The summed E-state index contributed by atoms with van der Waals surface area (Å²) in [5, 5.41) is 3.64. The zero-order valence-corrected chi connectivity index (χ0v) is 11.3. The highest BCUT2D eigenvalue weighted by Crippen LogP contribution is 2.20. The fraction of sp³-hybridized carbons (Fsp3) is 0.364. The van der Waals surface area contributed by atoms with Crippen molar-refractivity contribution in [2.24, 2.45) is 0 Å². The zero-order chi connectivity index (χ0) is 12.0. The summed E-state index contributed by atoms with van der Waals surface area (Å²) in [6, 6.07) is 5.64. The molecule has 1 rings (SSSR count). The first kappa shape index (κ1) is 13.5. The van der Waals surface area contributed by atoms with Gasteiger partial charge < -0.3 is 10.1 Å². The summed E-state index contributed by atoms with van der Waals surface area (Å²) in [4.78, 5) is 11.0. The summed E-state index contributed by atoms with van der Waals surface area (Å²) in [5.74, 6) is -0.254. The van der Waals surface area contributed by atoms with Crippen LogP contribution >= 0.6 is 27.5 Å². The van der Waals surface area contributed by atoms with Crippen molar-refractivity contribution in [3.8, 4) is 0 Å². The number of nitrogens with one attached hydrogen (secondary N) is 1. The fourth-order valence-electron chi connectivity index (χ4n) is 1.18. The van der Waals surface area contributed by atoms with Gasteiger partial charge in [0.2, 0.25) is 0 Å². The first-order chi connectivity index (χ1) is 7.63. The number of halogens is 2. The molecule has 3 nitrogen and oxygen atoms in total. The first-order valence-electron chi connectivity index (χ1n) is 4.93. The summed E-state index contributed by atoms with van der Waals surface area (Å²) >= 11 is 9.35. The van der Waals surface area contributed by atoms with Gasteiger partial charge in [0, 0.05) is 16.0 Å². The highest BCUT2D eigenvalue weighted by atomic mass is 79.9. The van der Waals surface area contributed by atoms with Gasteiger partial charge in [-0.2, -0.15) is 0 Å². The molecule has 0 fully saturated rings. The standard InChI is InChI=1S/C11H13BrClNO2/c1-2-16-11(15)7-14-6-8-3-4-9(12)5-10(8)13/h3-5,14H,2,6-7H2,1H3. The predicted octanol–water partition coefficient (Wildman–Crippen LogP) is 2.76. The van der Waals surface area contributed by atoms with Gasteiger partial charge in [-0.1, -0.05) is 33.6 Å². The number of ether oxygens (including phenoxy) is 1. The Hall–Kier alpha value is -0.580. The molecule has 0 aliphatic rings. The molecule has 0 unspecified atom stereocenters. The van der Waals surface area contributed by atoms with Crippen LogP contribution in [0, 0.1) is 0 Å². The molecule has 16 heavy (non-hydrogen) atoms. The third-order valence-electron chi connectivity index (χ3n) is 1.91. The minimum absolute atomic E-state index is 0.195. The highest BCUT2D eigenvalue weighted by Gasteiger charge is 2.03. The molecule has 0 aliphatic carbocycles. The van der Waals surface area contributed by atoms with Crippen LogP contribution in [-0.2, 0) is 16.1 Å². The van der Waals surface area contributed by atoms with E-state index < -0.39 is 0 Å². The molecule has 0 saturated heterocycles. The van der Waals surface area contributed by atoms with E-state index in [2.05, 4.69) is 21.2 Å². The normalized spacial score (nSPS) is 10.2. The molecular formula is C11H13BrClNO2. The van der Waals surface area contributed by atoms with Gasteiger partial charge in [0.1, 0.15) is 0 Å². The Bertz CT molecular complexity index is 371. The molecule has 5 heteroatoms. The smallest absolute Gasteiger partial charge is 0.319 e. The summed E-state index contributed by atoms with van der Waals surface area (Å²) in [5.41, 5.74) is 0.953. The van der Waals surface area contributed by atoms with Crippen LogP contribution in [0.4, 0.5) is 0 Å². The summed E-state index contributed by atoms with van der Waals surface area (Å²) < 4.78 is 5.72. The van der Waals surface area contributed by atoms with E-state index in [0.717, 1.165) is 10.0 Å². The average Bonchev–Trinajstić information content (AvgIpc) is 2.22. The third-order valence-corrected chi connectivity index (χ3v) is 2.75. The van der Waals surface area contributed by atoms with Gasteiger partial charge in [0.05, 0.1) is 13.2 Å². The number of hydrogen-bond donors (Lipinski definition) is 1. The van der Waals surface area contributed by atoms with Crippen molar-refractivity contribution >= 4 is 33.5 Å². The summed E-state index contributed by atoms with van der Waals surface area (Å²) in [6.45, 7) is 2.92. The molecule has 1 aromatic rings. The molecule has 0 aliphatic heterocycles. The SMILES string of the molecule is CCOC(=O)CNCc1ccc(Br)cc1Cl. The third kappa shape index (κ3) is 4.51. The van der Waals surface area contributed by atoms with Crippen molar-refractivity contribution in [1.29, 1.82) is 0 Å². The molecule has 1 aromatic carbocycles. The maximum Gasteiger partial charge on any atom is 0.319 e. The maximum atomic E-state index is 11.0. The fourth-order valence-corrected chi connectivity index (χ4v) is 1.92. The molecule has 0 heterocycles. The van der Waals surface area contributed by atoms with E-state index in [-0.39, 0.29) is 12.5 Å². The van der Waals surface area contributed by atoms with Crippen molar-refractivity contribution in [2.75, 3.05) is 13.2 Å². The number of rotatable bonds is 5. The number of carbonyl (C=O) groups excluding carboxylic acids is 1.